The van der Waals surface area contributed by atoms with Crippen LogP contribution in [0.15, 0.2) is 70.6 Å². The summed E-state index contributed by atoms with van der Waals surface area (Å²) in [5.41, 5.74) is -0.333. The summed E-state index contributed by atoms with van der Waals surface area (Å²) in [4.78, 5) is 15.8. The molecule has 1 amide bonds. The van der Waals surface area contributed by atoms with E-state index in [9.17, 15) is 18.3 Å². The van der Waals surface area contributed by atoms with Gasteiger partial charge in [0, 0.05) is 23.2 Å². The minimum absolute atomic E-state index is 0. The summed E-state index contributed by atoms with van der Waals surface area (Å²) in [6, 6.07) is 15.7. The fourth-order valence-corrected chi connectivity index (χ4v) is 5.25. The topological polar surface area (TPSA) is 146 Å². The van der Waals surface area contributed by atoms with Crippen LogP contribution in [-0.4, -0.2) is 38.5 Å². The van der Waals surface area contributed by atoms with E-state index in [4.69, 9.17) is 39.9 Å². The number of anilines is 1. The number of carbonyl (C=O) groups excluding carboxylic acids is 1. The van der Waals surface area contributed by atoms with E-state index in [1.54, 1.807) is 42.5 Å². The molecule has 37 heavy (non-hydrogen) atoms. The van der Waals surface area contributed by atoms with Gasteiger partial charge in [0.15, 0.2) is 11.7 Å². The van der Waals surface area contributed by atoms with Gasteiger partial charge >= 0.3 is 0 Å². The zero-order valence-electron chi connectivity index (χ0n) is 18.8. The highest BCUT2D eigenvalue weighted by molar-refractivity contribution is 7.89. The molecule has 0 aliphatic carbocycles. The number of rotatable bonds is 3. The van der Waals surface area contributed by atoms with E-state index < -0.39 is 21.7 Å². The number of fused-ring (bicyclic) bond motifs is 1. The van der Waals surface area contributed by atoms with Gasteiger partial charge in [-0.3, -0.25) is 9.79 Å². The van der Waals surface area contributed by atoms with Crippen LogP contribution >= 0.6 is 47.2 Å². The summed E-state index contributed by atoms with van der Waals surface area (Å²) in [5, 5.41) is 25.7. The number of nitrogens with two attached hydrogens (primary N) is 1. The van der Waals surface area contributed by atoms with Gasteiger partial charge in [-0.2, -0.15) is 0 Å². The lowest BCUT2D eigenvalue weighted by Crippen LogP contribution is -2.40. The minimum atomic E-state index is -4.06. The molecule has 2 aliphatic heterocycles. The van der Waals surface area contributed by atoms with Crippen molar-refractivity contribution < 1.29 is 18.3 Å². The van der Waals surface area contributed by atoms with Crippen molar-refractivity contribution >= 4 is 74.8 Å². The van der Waals surface area contributed by atoms with Crippen molar-refractivity contribution in [3.05, 3.63) is 92.4 Å². The van der Waals surface area contributed by atoms with Gasteiger partial charge in [0.25, 0.3) is 5.91 Å². The molecule has 0 fully saturated rings. The van der Waals surface area contributed by atoms with Crippen molar-refractivity contribution in [2.75, 3.05) is 18.4 Å². The number of amides is 1. The second-order valence-corrected chi connectivity index (χ2v) is 10.5. The Morgan fingerprint density at radius 3 is 2.30 bits per heavy atom. The Bertz CT molecular complexity index is 1470. The number of para-hydroxylation sites is 1. The average Bonchev–Trinajstić information content (AvgIpc) is 3.43. The number of benzene rings is 3. The molecule has 3 aromatic carbocycles. The van der Waals surface area contributed by atoms with Crippen LogP contribution in [0.5, 0.6) is 0 Å². The quantitative estimate of drug-likeness (QED) is 0.308. The van der Waals surface area contributed by atoms with E-state index in [2.05, 4.69) is 20.9 Å². The molecule has 196 valence electrons. The molecule has 0 aromatic heterocycles. The molecular weight excluding hydrogens is 584 g/mol. The average molecular weight is 605 g/mol. The number of aliphatic hydroxyl groups is 1. The summed E-state index contributed by atoms with van der Waals surface area (Å²) in [6.07, 6.45) is 0. The van der Waals surface area contributed by atoms with Gasteiger partial charge in [0.2, 0.25) is 10.0 Å². The summed E-state index contributed by atoms with van der Waals surface area (Å²) < 4.78 is 23.1. The largest absolute Gasteiger partial charge is 0.363 e. The van der Waals surface area contributed by atoms with Crippen LogP contribution in [0.1, 0.15) is 21.5 Å². The minimum Gasteiger partial charge on any atom is -0.363 e. The molecular formula is C23H21Cl4N5O4S. The zero-order chi connectivity index (χ0) is 26.1. The Morgan fingerprint density at radius 1 is 1.00 bits per heavy atom. The van der Waals surface area contributed by atoms with Crippen LogP contribution in [0.25, 0.3) is 0 Å². The number of primary sulfonamides is 1. The van der Waals surface area contributed by atoms with Crippen LogP contribution in [-0.2, 0) is 15.7 Å². The van der Waals surface area contributed by atoms with Crippen molar-refractivity contribution in [2.45, 2.75) is 10.6 Å². The van der Waals surface area contributed by atoms with Crippen molar-refractivity contribution in [3.8, 4) is 0 Å². The molecule has 0 saturated heterocycles. The van der Waals surface area contributed by atoms with Gasteiger partial charge in [-0.25, -0.2) is 13.6 Å². The molecule has 0 radical (unpaired) electrons. The van der Waals surface area contributed by atoms with Gasteiger partial charge in [-0.1, -0.05) is 65.1 Å². The predicted molar refractivity (Wildman–Crippen MR) is 147 cm³/mol. The number of nitrogens with one attached hydrogen (secondary N) is 3. The lowest BCUT2D eigenvalue weighted by molar-refractivity contribution is 0.0474. The van der Waals surface area contributed by atoms with E-state index in [0.29, 0.717) is 26.9 Å². The Morgan fingerprint density at radius 2 is 1.68 bits per heavy atom. The van der Waals surface area contributed by atoms with Crippen LogP contribution in [0.2, 0.25) is 15.1 Å². The van der Waals surface area contributed by atoms with Crippen molar-refractivity contribution in [3.63, 3.8) is 0 Å². The first-order chi connectivity index (χ1) is 17.0. The fraction of sp³-hybridized carbons (Fsp3) is 0.130. The van der Waals surface area contributed by atoms with Gasteiger partial charge in [0.05, 0.1) is 27.3 Å². The Kier molecular flexibility index (Phi) is 8.97. The van der Waals surface area contributed by atoms with Crippen molar-refractivity contribution in [2.24, 2.45) is 10.1 Å². The third kappa shape index (κ3) is 6.12. The van der Waals surface area contributed by atoms with E-state index in [1.165, 1.54) is 12.1 Å². The number of hydrogen-bond acceptors (Lipinski definition) is 7. The number of guanidine groups is 1. The predicted octanol–water partition coefficient (Wildman–Crippen LogP) is 3.71. The molecule has 1 atom stereocenters. The standard InChI is InChI=1S/C14H11ClN2O4S.C9H9Cl2N3.ClH/c15-11-6-5-8(7-12(11)22(16,20)21)14(19)10-4-2-1-3-9(10)13(18)17-14;10-6-2-1-3-7(11)8(6)14-9-12-4-5-13-9;/h1-7,19H,(H,17,18)(H2,16,20,21);1-3H,4-5H2,(H2,12,13,14);1H. The second kappa shape index (κ2) is 11.4. The lowest BCUT2D eigenvalue weighted by atomic mass is 9.94. The molecule has 0 saturated carbocycles. The number of halogens is 4. The van der Waals surface area contributed by atoms with Gasteiger partial charge < -0.3 is 21.1 Å². The Balaban J connectivity index is 0.000000220. The summed E-state index contributed by atoms with van der Waals surface area (Å²) >= 11 is 17.8. The summed E-state index contributed by atoms with van der Waals surface area (Å²) in [7, 11) is -4.06. The van der Waals surface area contributed by atoms with Crippen LogP contribution in [0.4, 0.5) is 5.69 Å². The molecule has 0 bridgehead atoms. The van der Waals surface area contributed by atoms with Crippen molar-refractivity contribution in [1.29, 1.82) is 0 Å². The van der Waals surface area contributed by atoms with Crippen LogP contribution < -0.4 is 21.1 Å². The molecule has 2 heterocycles. The van der Waals surface area contributed by atoms with Gasteiger partial charge in [0.1, 0.15) is 4.90 Å². The first-order valence-electron chi connectivity index (χ1n) is 10.5. The van der Waals surface area contributed by atoms with Crippen LogP contribution in [0, 0.1) is 0 Å². The molecule has 14 heteroatoms. The van der Waals surface area contributed by atoms with Crippen LogP contribution in [0.3, 0.4) is 0 Å². The number of carbonyl (C=O) groups is 1. The third-order valence-electron chi connectivity index (χ3n) is 5.39. The van der Waals surface area contributed by atoms with E-state index >= 15 is 0 Å². The monoisotopic (exact) mass is 603 g/mol. The highest BCUT2D eigenvalue weighted by Crippen LogP contribution is 2.36. The first-order valence-corrected chi connectivity index (χ1v) is 13.2. The molecule has 9 nitrogen and oxygen atoms in total. The highest BCUT2D eigenvalue weighted by atomic mass is 35.5. The smallest absolute Gasteiger partial charge is 0.254 e. The molecule has 2 aliphatic rings. The van der Waals surface area contributed by atoms with E-state index in [-0.39, 0.29) is 27.9 Å². The lowest BCUT2D eigenvalue weighted by Gasteiger charge is -2.25. The maximum Gasteiger partial charge on any atom is 0.254 e. The molecule has 6 N–H and O–H groups in total. The molecule has 0 spiro atoms. The first kappa shape index (κ1) is 29.0. The maximum absolute atomic E-state index is 12.0. The molecule has 5 rings (SSSR count). The molecule has 1 unspecified atom stereocenters. The number of nitrogens with zero attached hydrogens (tertiary/aromatic N) is 1. The van der Waals surface area contributed by atoms with Gasteiger partial charge in [-0.05, 0) is 30.3 Å². The maximum atomic E-state index is 12.0. The molecule has 3 aromatic rings. The second-order valence-electron chi connectivity index (χ2n) is 7.78. The zero-order valence-corrected chi connectivity index (χ0v) is 22.7. The summed E-state index contributed by atoms with van der Waals surface area (Å²) in [6.45, 7) is 1.63. The van der Waals surface area contributed by atoms with Gasteiger partial charge in [-0.15, -0.1) is 12.4 Å². The van der Waals surface area contributed by atoms with E-state index in [0.717, 1.165) is 25.1 Å². The number of hydrogen-bond donors (Lipinski definition) is 5. The summed E-state index contributed by atoms with van der Waals surface area (Å²) in [5.74, 6) is 0.269. The normalized spacial score (nSPS) is 17.9. The Labute approximate surface area is 234 Å². The number of aliphatic imine (C=N–C) groups is 1. The SMILES string of the molecule is Cl.Clc1cccc(Cl)c1NC1=NCCN1.NS(=O)(=O)c1cc(C2(O)NC(=O)c3ccccc32)ccc1Cl. The highest BCUT2D eigenvalue weighted by Gasteiger charge is 2.43. The van der Waals surface area contributed by atoms with E-state index in [1.807, 2.05) is 0 Å². The fourth-order valence-electron chi connectivity index (χ4n) is 3.69. The Hall–Kier alpha value is -2.57. The number of sulfonamides is 1. The third-order valence-corrected chi connectivity index (χ3v) is 7.41. The van der Waals surface area contributed by atoms with Crippen molar-refractivity contribution in [1.82, 2.24) is 10.6 Å².